The zero-order valence-electron chi connectivity index (χ0n) is 12.0. The van der Waals surface area contributed by atoms with E-state index in [1.54, 1.807) is 6.26 Å². The van der Waals surface area contributed by atoms with Crippen molar-refractivity contribution in [3.63, 3.8) is 0 Å². The molecule has 0 N–H and O–H groups in total. The minimum Gasteiger partial charge on any atom is -0.467 e. The molecule has 0 atom stereocenters. The average Bonchev–Trinajstić information content (AvgIpc) is 3.17. The molecule has 7 heteroatoms. The van der Waals surface area contributed by atoms with Crippen molar-refractivity contribution in [2.24, 2.45) is 0 Å². The van der Waals surface area contributed by atoms with Gasteiger partial charge in [0, 0.05) is 19.6 Å². The largest absolute Gasteiger partial charge is 0.467 e. The van der Waals surface area contributed by atoms with Crippen molar-refractivity contribution in [1.29, 1.82) is 0 Å². The molecule has 0 saturated carbocycles. The van der Waals surface area contributed by atoms with Gasteiger partial charge in [-0.2, -0.15) is 15.0 Å². The highest BCUT2D eigenvalue weighted by molar-refractivity contribution is 6.28. The van der Waals surface area contributed by atoms with Gasteiger partial charge in [0.15, 0.2) is 0 Å². The maximum absolute atomic E-state index is 6.07. The number of rotatable bonds is 5. The van der Waals surface area contributed by atoms with E-state index in [9.17, 15) is 0 Å². The SMILES string of the molecule is CCN(Cc1ccco1)c1nc(Cl)nc(N2CCCC2)n1. The van der Waals surface area contributed by atoms with E-state index in [4.69, 9.17) is 16.0 Å². The molecule has 21 heavy (non-hydrogen) atoms. The van der Waals surface area contributed by atoms with Gasteiger partial charge in [-0.15, -0.1) is 0 Å². The van der Waals surface area contributed by atoms with Crippen molar-refractivity contribution < 1.29 is 4.42 Å². The van der Waals surface area contributed by atoms with Gasteiger partial charge in [0.2, 0.25) is 17.2 Å². The Balaban J connectivity index is 1.85. The zero-order chi connectivity index (χ0) is 14.7. The third-order valence-electron chi connectivity index (χ3n) is 3.56. The van der Waals surface area contributed by atoms with E-state index in [1.165, 1.54) is 12.8 Å². The summed E-state index contributed by atoms with van der Waals surface area (Å²) in [6.07, 6.45) is 4.00. The molecule has 1 aliphatic rings. The minimum absolute atomic E-state index is 0.236. The Morgan fingerprint density at radius 2 is 2.10 bits per heavy atom. The van der Waals surface area contributed by atoms with E-state index in [0.717, 1.165) is 25.4 Å². The molecular weight excluding hydrogens is 290 g/mol. The van der Waals surface area contributed by atoms with Crippen LogP contribution in [-0.2, 0) is 6.54 Å². The van der Waals surface area contributed by atoms with Crippen LogP contribution in [0.5, 0.6) is 0 Å². The highest BCUT2D eigenvalue weighted by Crippen LogP contribution is 2.21. The fraction of sp³-hybridized carbons (Fsp3) is 0.500. The molecule has 1 fully saturated rings. The zero-order valence-corrected chi connectivity index (χ0v) is 12.8. The van der Waals surface area contributed by atoms with E-state index in [-0.39, 0.29) is 5.28 Å². The third kappa shape index (κ3) is 3.26. The topological polar surface area (TPSA) is 58.3 Å². The number of hydrogen-bond acceptors (Lipinski definition) is 6. The Bertz CT molecular complexity index is 583. The van der Waals surface area contributed by atoms with Gasteiger partial charge in [0.1, 0.15) is 5.76 Å². The van der Waals surface area contributed by atoms with Crippen LogP contribution in [0, 0.1) is 0 Å². The highest BCUT2D eigenvalue weighted by atomic mass is 35.5. The van der Waals surface area contributed by atoms with Crippen LogP contribution in [-0.4, -0.2) is 34.6 Å². The molecule has 3 heterocycles. The number of aromatic nitrogens is 3. The van der Waals surface area contributed by atoms with Crippen molar-refractivity contribution in [2.75, 3.05) is 29.4 Å². The standard InChI is InChI=1S/C14H18ClN5O/c1-2-19(10-11-6-5-9-21-11)13-16-12(15)17-14(18-13)20-7-3-4-8-20/h5-6,9H,2-4,7-8,10H2,1H3. The van der Waals surface area contributed by atoms with Crippen molar-refractivity contribution in [1.82, 2.24) is 15.0 Å². The minimum atomic E-state index is 0.236. The first-order chi connectivity index (χ1) is 10.3. The molecule has 3 rings (SSSR count). The first kappa shape index (κ1) is 14.1. The van der Waals surface area contributed by atoms with Crippen LogP contribution in [0.4, 0.5) is 11.9 Å². The average molecular weight is 308 g/mol. The summed E-state index contributed by atoms with van der Waals surface area (Å²) in [4.78, 5) is 17.2. The lowest BCUT2D eigenvalue weighted by atomic mass is 10.4. The Morgan fingerprint density at radius 1 is 1.29 bits per heavy atom. The monoisotopic (exact) mass is 307 g/mol. The van der Waals surface area contributed by atoms with E-state index < -0.39 is 0 Å². The second-order valence-corrected chi connectivity index (χ2v) is 5.33. The molecule has 0 aromatic carbocycles. The molecule has 2 aromatic heterocycles. The Kier molecular flexibility index (Phi) is 4.24. The van der Waals surface area contributed by atoms with Gasteiger partial charge in [-0.3, -0.25) is 0 Å². The highest BCUT2D eigenvalue weighted by Gasteiger charge is 2.19. The normalized spacial score (nSPS) is 14.7. The molecule has 0 spiro atoms. The van der Waals surface area contributed by atoms with Gasteiger partial charge in [-0.1, -0.05) is 0 Å². The van der Waals surface area contributed by atoms with Gasteiger partial charge >= 0.3 is 0 Å². The maximum atomic E-state index is 6.07. The summed E-state index contributed by atoms with van der Waals surface area (Å²) in [5.41, 5.74) is 0. The molecule has 0 bridgehead atoms. The quantitative estimate of drug-likeness (QED) is 0.846. The predicted octanol–water partition coefficient (Wildman–Crippen LogP) is 2.74. The summed E-state index contributed by atoms with van der Waals surface area (Å²) >= 11 is 6.07. The van der Waals surface area contributed by atoms with E-state index in [1.807, 2.05) is 17.0 Å². The summed E-state index contributed by atoms with van der Waals surface area (Å²) in [6.45, 7) is 5.38. The molecule has 6 nitrogen and oxygen atoms in total. The summed E-state index contributed by atoms with van der Waals surface area (Å²) in [7, 11) is 0. The lowest BCUT2D eigenvalue weighted by molar-refractivity contribution is 0.501. The molecule has 0 unspecified atom stereocenters. The lowest BCUT2D eigenvalue weighted by Crippen LogP contribution is -2.27. The fourth-order valence-electron chi connectivity index (χ4n) is 2.44. The van der Waals surface area contributed by atoms with Gasteiger partial charge in [-0.25, -0.2) is 0 Å². The summed E-state index contributed by atoms with van der Waals surface area (Å²) in [5, 5.41) is 0.236. The Labute approximate surface area is 128 Å². The van der Waals surface area contributed by atoms with Crippen molar-refractivity contribution in [3.8, 4) is 0 Å². The Morgan fingerprint density at radius 3 is 2.76 bits per heavy atom. The summed E-state index contributed by atoms with van der Waals surface area (Å²) < 4.78 is 5.39. The molecule has 112 valence electrons. The molecule has 1 saturated heterocycles. The van der Waals surface area contributed by atoms with Gasteiger partial charge < -0.3 is 14.2 Å². The van der Waals surface area contributed by atoms with Crippen LogP contribution in [0.3, 0.4) is 0 Å². The van der Waals surface area contributed by atoms with Gasteiger partial charge in [0.25, 0.3) is 0 Å². The van der Waals surface area contributed by atoms with Crippen molar-refractivity contribution in [2.45, 2.75) is 26.3 Å². The number of nitrogens with zero attached hydrogens (tertiary/aromatic N) is 5. The summed E-state index contributed by atoms with van der Waals surface area (Å²) in [6, 6.07) is 3.81. The fourth-order valence-corrected chi connectivity index (χ4v) is 2.60. The number of furan rings is 1. The maximum Gasteiger partial charge on any atom is 0.231 e. The van der Waals surface area contributed by atoms with Crippen LogP contribution >= 0.6 is 11.6 Å². The molecule has 2 aromatic rings. The molecule has 0 amide bonds. The first-order valence-corrected chi connectivity index (χ1v) is 7.58. The van der Waals surface area contributed by atoms with Crippen LogP contribution in [0.15, 0.2) is 22.8 Å². The molecule has 0 aliphatic carbocycles. The molecule has 1 aliphatic heterocycles. The van der Waals surface area contributed by atoms with Crippen molar-refractivity contribution >= 4 is 23.5 Å². The summed E-state index contributed by atoms with van der Waals surface area (Å²) in [5.74, 6) is 2.13. The second-order valence-electron chi connectivity index (χ2n) is 4.99. The smallest absolute Gasteiger partial charge is 0.231 e. The van der Waals surface area contributed by atoms with Gasteiger partial charge in [0.05, 0.1) is 12.8 Å². The molecule has 0 radical (unpaired) electrons. The number of anilines is 2. The van der Waals surface area contributed by atoms with Crippen LogP contribution in [0.1, 0.15) is 25.5 Å². The van der Waals surface area contributed by atoms with E-state index in [0.29, 0.717) is 18.4 Å². The van der Waals surface area contributed by atoms with Crippen molar-refractivity contribution in [3.05, 3.63) is 29.4 Å². The Hall–Kier alpha value is -1.82. The van der Waals surface area contributed by atoms with Crippen LogP contribution < -0.4 is 9.80 Å². The van der Waals surface area contributed by atoms with Gasteiger partial charge in [-0.05, 0) is 43.5 Å². The first-order valence-electron chi connectivity index (χ1n) is 7.20. The number of hydrogen-bond donors (Lipinski definition) is 0. The van der Waals surface area contributed by atoms with E-state index in [2.05, 4.69) is 26.8 Å². The van der Waals surface area contributed by atoms with Crippen LogP contribution in [0.2, 0.25) is 5.28 Å². The third-order valence-corrected chi connectivity index (χ3v) is 3.73. The molecular formula is C14H18ClN5O. The second kappa shape index (κ2) is 6.30. The van der Waals surface area contributed by atoms with E-state index >= 15 is 0 Å². The predicted molar refractivity (Wildman–Crippen MR) is 81.7 cm³/mol. The van der Waals surface area contributed by atoms with Crippen LogP contribution in [0.25, 0.3) is 0 Å². The lowest BCUT2D eigenvalue weighted by Gasteiger charge is -2.22. The number of halogens is 1.